The number of rotatable bonds is 1. The third kappa shape index (κ3) is 1.31. The molecule has 2 rings (SSSR count). The lowest BCUT2D eigenvalue weighted by atomic mass is 9.97. The molecule has 3 heteroatoms. The first-order valence-electron chi connectivity index (χ1n) is 4.85. The van der Waals surface area contributed by atoms with E-state index in [2.05, 4.69) is 6.58 Å². The molecule has 0 fully saturated rings. The third-order valence-corrected chi connectivity index (χ3v) is 2.76. The number of nitrogens with two attached hydrogens (primary N) is 1. The van der Waals surface area contributed by atoms with Crippen LogP contribution in [0.3, 0.4) is 0 Å². The van der Waals surface area contributed by atoms with Crippen molar-refractivity contribution in [1.82, 2.24) is 4.90 Å². The van der Waals surface area contributed by atoms with E-state index in [4.69, 9.17) is 5.73 Å². The van der Waals surface area contributed by atoms with Gasteiger partial charge in [0.15, 0.2) is 0 Å². The summed E-state index contributed by atoms with van der Waals surface area (Å²) < 4.78 is 0. The van der Waals surface area contributed by atoms with Crippen LogP contribution in [0.4, 0.5) is 5.69 Å². The molecule has 1 heterocycles. The summed E-state index contributed by atoms with van der Waals surface area (Å²) in [7, 11) is 1.78. The van der Waals surface area contributed by atoms with Gasteiger partial charge in [0.05, 0.1) is 5.56 Å². The summed E-state index contributed by atoms with van der Waals surface area (Å²) in [4.78, 5) is 13.5. The maximum Gasteiger partial charge on any atom is 0.256 e. The van der Waals surface area contributed by atoms with Gasteiger partial charge >= 0.3 is 0 Å². The molecule has 0 saturated heterocycles. The van der Waals surface area contributed by atoms with Gasteiger partial charge in [-0.25, -0.2) is 0 Å². The number of hydrogen-bond acceptors (Lipinski definition) is 2. The molecule has 1 amide bonds. The van der Waals surface area contributed by atoms with Crippen molar-refractivity contribution in [3.05, 3.63) is 35.4 Å². The van der Waals surface area contributed by atoms with Crippen molar-refractivity contribution in [3.8, 4) is 0 Å². The van der Waals surface area contributed by atoms with Crippen LogP contribution in [0.25, 0.3) is 5.57 Å². The summed E-state index contributed by atoms with van der Waals surface area (Å²) in [5.74, 6) is 0.00519. The molecule has 1 aromatic rings. The van der Waals surface area contributed by atoms with Gasteiger partial charge in [-0.3, -0.25) is 4.79 Å². The number of allylic oxidation sites excluding steroid dienone is 1. The Morgan fingerprint density at radius 1 is 1.53 bits per heavy atom. The van der Waals surface area contributed by atoms with E-state index in [1.54, 1.807) is 18.0 Å². The highest BCUT2D eigenvalue weighted by Gasteiger charge is 2.28. The number of carbonyl (C=O) groups is 1. The van der Waals surface area contributed by atoms with Crippen molar-refractivity contribution >= 4 is 17.2 Å². The Hall–Kier alpha value is -1.77. The molecule has 15 heavy (non-hydrogen) atoms. The molecule has 0 bridgehead atoms. The van der Waals surface area contributed by atoms with E-state index in [1.165, 1.54) is 0 Å². The summed E-state index contributed by atoms with van der Waals surface area (Å²) >= 11 is 0. The number of hydrogen-bond donors (Lipinski definition) is 1. The SMILES string of the molecule is C=C(C)c1ccc(N)c2c1CN(C)C2=O. The summed E-state index contributed by atoms with van der Waals surface area (Å²) in [6.07, 6.45) is 0. The van der Waals surface area contributed by atoms with Crippen LogP contribution in [0.2, 0.25) is 0 Å². The Kier molecular flexibility index (Phi) is 2.03. The van der Waals surface area contributed by atoms with Gasteiger partial charge in [-0.2, -0.15) is 0 Å². The highest BCUT2D eigenvalue weighted by Crippen LogP contribution is 2.32. The lowest BCUT2D eigenvalue weighted by molar-refractivity contribution is 0.0817. The molecule has 0 spiro atoms. The zero-order valence-electron chi connectivity index (χ0n) is 9.00. The van der Waals surface area contributed by atoms with Gasteiger partial charge in [0.1, 0.15) is 0 Å². The quantitative estimate of drug-likeness (QED) is 0.707. The monoisotopic (exact) mass is 202 g/mol. The number of benzene rings is 1. The molecule has 1 aliphatic rings. The van der Waals surface area contributed by atoms with Crippen LogP contribution < -0.4 is 5.73 Å². The van der Waals surface area contributed by atoms with Gasteiger partial charge in [-0.05, 0) is 24.1 Å². The Labute approximate surface area is 89.2 Å². The Balaban J connectivity index is 2.69. The van der Waals surface area contributed by atoms with Crippen molar-refractivity contribution in [2.24, 2.45) is 0 Å². The summed E-state index contributed by atoms with van der Waals surface area (Å²) in [5.41, 5.74) is 10.0. The van der Waals surface area contributed by atoms with E-state index >= 15 is 0 Å². The fourth-order valence-corrected chi connectivity index (χ4v) is 1.98. The molecule has 0 saturated carbocycles. The van der Waals surface area contributed by atoms with Crippen molar-refractivity contribution in [3.63, 3.8) is 0 Å². The molecule has 0 unspecified atom stereocenters. The highest BCUT2D eigenvalue weighted by molar-refractivity contribution is 6.04. The van der Waals surface area contributed by atoms with Gasteiger partial charge in [0, 0.05) is 19.3 Å². The Morgan fingerprint density at radius 2 is 2.20 bits per heavy atom. The largest absolute Gasteiger partial charge is 0.398 e. The molecular formula is C12H14N2O. The molecule has 1 aliphatic heterocycles. The number of amides is 1. The van der Waals surface area contributed by atoms with E-state index in [9.17, 15) is 4.79 Å². The standard InChI is InChI=1S/C12H14N2O/c1-7(2)8-4-5-10(13)11-9(8)6-14(3)12(11)15/h4-5H,1,6,13H2,2-3H3. The van der Waals surface area contributed by atoms with Crippen LogP contribution in [-0.4, -0.2) is 17.9 Å². The predicted octanol–water partition coefficient (Wildman–Crippen LogP) is 1.89. The molecule has 78 valence electrons. The Morgan fingerprint density at radius 3 is 2.80 bits per heavy atom. The molecule has 1 aromatic carbocycles. The van der Waals surface area contributed by atoms with E-state index in [1.807, 2.05) is 13.0 Å². The average Bonchev–Trinajstić information content (AvgIpc) is 2.44. The van der Waals surface area contributed by atoms with Crippen LogP contribution in [0.15, 0.2) is 18.7 Å². The molecule has 0 atom stereocenters. The smallest absolute Gasteiger partial charge is 0.256 e. The fraction of sp³-hybridized carbons (Fsp3) is 0.250. The van der Waals surface area contributed by atoms with Crippen LogP contribution in [-0.2, 0) is 6.54 Å². The second-order valence-electron chi connectivity index (χ2n) is 4.00. The number of nitrogen functional groups attached to an aromatic ring is 1. The van der Waals surface area contributed by atoms with Crippen LogP contribution in [0, 0.1) is 0 Å². The number of fused-ring (bicyclic) bond motifs is 1. The minimum Gasteiger partial charge on any atom is -0.398 e. The number of nitrogens with zero attached hydrogens (tertiary/aromatic N) is 1. The topological polar surface area (TPSA) is 46.3 Å². The third-order valence-electron chi connectivity index (χ3n) is 2.76. The van der Waals surface area contributed by atoms with Gasteiger partial charge in [0.25, 0.3) is 5.91 Å². The second-order valence-corrected chi connectivity index (χ2v) is 4.00. The molecule has 2 N–H and O–H groups in total. The highest BCUT2D eigenvalue weighted by atomic mass is 16.2. The average molecular weight is 202 g/mol. The first-order chi connectivity index (χ1) is 7.02. The van der Waals surface area contributed by atoms with E-state index in [0.717, 1.165) is 16.7 Å². The zero-order valence-corrected chi connectivity index (χ0v) is 9.00. The van der Waals surface area contributed by atoms with Crippen molar-refractivity contribution in [2.75, 3.05) is 12.8 Å². The number of anilines is 1. The molecular weight excluding hydrogens is 188 g/mol. The van der Waals surface area contributed by atoms with Gasteiger partial charge < -0.3 is 10.6 Å². The number of carbonyl (C=O) groups excluding carboxylic acids is 1. The van der Waals surface area contributed by atoms with Crippen LogP contribution in [0.1, 0.15) is 28.4 Å². The van der Waals surface area contributed by atoms with Gasteiger partial charge in [0.2, 0.25) is 0 Å². The maximum absolute atomic E-state index is 11.8. The Bertz CT molecular complexity index is 463. The summed E-state index contributed by atoms with van der Waals surface area (Å²) in [6, 6.07) is 3.71. The van der Waals surface area contributed by atoms with E-state index in [0.29, 0.717) is 17.8 Å². The van der Waals surface area contributed by atoms with Gasteiger partial charge in [-0.1, -0.05) is 18.2 Å². The normalized spacial score (nSPS) is 14.3. The van der Waals surface area contributed by atoms with Crippen molar-refractivity contribution < 1.29 is 4.79 Å². The first-order valence-corrected chi connectivity index (χ1v) is 4.85. The minimum absolute atomic E-state index is 0.00519. The predicted molar refractivity (Wildman–Crippen MR) is 61.4 cm³/mol. The summed E-state index contributed by atoms with van der Waals surface area (Å²) in [5, 5.41) is 0. The van der Waals surface area contributed by atoms with Crippen molar-refractivity contribution in [1.29, 1.82) is 0 Å². The molecule has 0 aliphatic carbocycles. The first kappa shape index (κ1) is 9.77. The summed E-state index contributed by atoms with van der Waals surface area (Å²) in [6.45, 7) is 6.48. The lowest BCUT2D eigenvalue weighted by Gasteiger charge is -2.08. The van der Waals surface area contributed by atoms with Crippen molar-refractivity contribution in [2.45, 2.75) is 13.5 Å². The second kappa shape index (κ2) is 3.12. The van der Waals surface area contributed by atoms with E-state index in [-0.39, 0.29) is 5.91 Å². The zero-order chi connectivity index (χ0) is 11.2. The van der Waals surface area contributed by atoms with Gasteiger partial charge in [-0.15, -0.1) is 0 Å². The molecule has 0 radical (unpaired) electrons. The van der Waals surface area contributed by atoms with Crippen LogP contribution in [0.5, 0.6) is 0 Å². The molecule has 0 aromatic heterocycles. The minimum atomic E-state index is 0.00519. The molecule has 3 nitrogen and oxygen atoms in total. The fourth-order valence-electron chi connectivity index (χ4n) is 1.98. The lowest BCUT2D eigenvalue weighted by Crippen LogP contribution is -2.18. The maximum atomic E-state index is 11.8. The van der Waals surface area contributed by atoms with Crippen LogP contribution >= 0.6 is 0 Å². The van der Waals surface area contributed by atoms with E-state index < -0.39 is 0 Å².